The minimum absolute atomic E-state index is 0.363. The number of ether oxygens (including phenoxy) is 3. The summed E-state index contributed by atoms with van der Waals surface area (Å²) >= 11 is 0. The van der Waals surface area contributed by atoms with E-state index in [1.54, 1.807) is 14.2 Å². The highest BCUT2D eigenvalue weighted by molar-refractivity contribution is 5.80. The van der Waals surface area contributed by atoms with Crippen LogP contribution in [0, 0.1) is 0 Å². The smallest absolute Gasteiger partial charge is 0.191 e. The van der Waals surface area contributed by atoms with Gasteiger partial charge in [0.25, 0.3) is 0 Å². The molecular formula is C25H36N4O3. The maximum atomic E-state index is 5.46. The van der Waals surface area contributed by atoms with E-state index in [2.05, 4.69) is 56.9 Å². The van der Waals surface area contributed by atoms with Crippen LogP contribution >= 0.6 is 0 Å². The molecular weight excluding hydrogens is 404 g/mol. The van der Waals surface area contributed by atoms with E-state index in [0.717, 1.165) is 56.7 Å². The Balaban J connectivity index is 1.46. The van der Waals surface area contributed by atoms with Gasteiger partial charge in [-0.05, 0) is 42.2 Å². The second kappa shape index (κ2) is 12.3. The molecule has 0 spiro atoms. The number of hydrogen-bond acceptors (Lipinski definition) is 5. The minimum atomic E-state index is 0.363. The van der Waals surface area contributed by atoms with E-state index in [4.69, 9.17) is 14.2 Å². The van der Waals surface area contributed by atoms with Crippen LogP contribution in [-0.2, 0) is 24.4 Å². The molecule has 1 aliphatic rings. The van der Waals surface area contributed by atoms with Crippen molar-refractivity contribution in [2.24, 2.45) is 4.99 Å². The van der Waals surface area contributed by atoms with Crippen molar-refractivity contribution in [3.8, 4) is 11.5 Å². The van der Waals surface area contributed by atoms with Gasteiger partial charge < -0.3 is 24.8 Å². The van der Waals surface area contributed by atoms with Crippen molar-refractivity contribution >= 4 is 5.96 Å². The lowest BCUT2D eigenvalue weighted by Gasteiger charge is -2.19. The van der Waals surface area contributed by atoms with Crippen LogP contribution in [0.2, 0.25) is 0 Å². The zero-order valence-corrected chi connectivity index (χ0v) is 19.7. The summed E-state index contributed by atoms with van der Waals surface area (Å²) in [6.45, 7) is 7.00. The summed E-state index contributed by atoms with van der Waals surface area (Å²) in [4.78, 5) is 6.84. The third-order valence-corrected chi connectivity index (χ3v) is 5.61. The molecule has 1 saturated heterocycles. The summed E-state index contributed by atoms with van der Waals surface area (Å²) in [5, 5.41) is 6.99. The van der Waals surface area contributed by atoms with Crippen molar-refractivity contribution in [2.45, 2.75) is 39.1 Å². The van der Waals surface area contributed by atoms with Gasteiger partial charge in [0.2, 0.25) is 0 Å². The summed E-state index contributed by atoms with van der Waals surface area (Å²) in [5.41, 5.74) is 3.60. The second-order valence-electron chi connectivity index (χ2n) is 7.97. The summed E-state index contributed by atoms with van der Waals surface area (Å²) in [7, 11) is 5.18. The highest BCUT2D eigenvalue weighted by Crippen LogP contribution is 2.24. The van der Waals surface area contributed by atoms with E-state index in [1.807, 2.05) is 20.0 Å². The van der Waals surface area contributed by atoms with E-state index in [1.165, 1.54) is 16.7 Å². The topological polar surface area (TPSA) is 67.4 Å². The van der Waals surface area contributed by atoms with E-state index in [9.17, 15) is 0 Å². The molecule has 0 bridgehead atoms. The van der Waals surface area contributed by atoms with Gasteiger partial charge in [0.15, 0.2) is 5.96 Å². The van der Waals surface area contributed by atoms with Crippen molar-refractivity contribution in [1.82, 2.24) is 15.5 Å². The number of rotatable bonds is 10. The Bertz CT molecular complexity index is 848. The predicted molar refractivity (Wildman–Crippen MR) is 128 cm³/mol. The summed E-state index contributed by atoms with van der Waals surface area (Å²) in [6, 6.07) is 14.9. The molecule has 7 heteroatoms. The molecule has 174 valence electrons. The van der Waals surface area contributed by atoms with Crippen LogP contribution in [0.15, 0.2) is 47.5 Å². The average Bonchev–Trinajstić information content (AvgIpc) is 3.27. The maximum Gasteiger partial charge on any atom is 0.191 e. The lowest BCUT2D eigenvalue weighted by atomic mass is 10.1. The Hall–Kier alpha value is -2.77. The van der Waals surface area contributed by atoms with Gasteiger partial charge in [0.05, 0.1) is 20.8 Å². The Morgan fingerprint density at radius 2 is 1.72 bits per heavy atom. The number of benzene rings is 2. The quantitative estimate of drug-likeness (QED) is 0.437. The number of hydrogen-bond donors (Lipinski definition) is 2. The molecule has 2 N–H and O–H groups in total. The van der Waals surface area contributed by atoms with Gasteiger partial charge in [-0.15, -0.1) is 0 Å². The molecule has 32 heavy (non-hydrogen) atoms. The summed E-state index contributed by atoms with van der Waals surface area (Å²) < 4.78 is 16.2. The van der Waals surface area contributed by atoms with Gasteiger partial charge in [-0.1, -0.05) is 24.3 Å². The Kier molecular flexibility index (Phi) is 9.19. The van der Waals surface area contributed by atoms with Gasteiger partial charge in [0, 0.05) is 51.9 Å². The van der Waals surface area contributed by atoms with Gasteiger partial charge >= 0.3 is 0 Å². The maximum absolute atomic E-state index is 5.46. The van der Waals surface area contributed by atoms with Crippen LogP contribution < -0.4 is 20.1 Å². The van der Waals surface area contributed by atoms with Crippen molar-refractivity contribution < 1.29 is 14.2 Å². The van der Waals surface area contributed by atoms with Crippen LogP contribution in [0.1, 0.15) is 30.0 Å². The van der Waals surface area contributed by atoms with Gasteiger partial charge in [-0.25, -0.2) is 0 Å². The molecule has 0 amide bonds. The van der Waals surface area contributed by atoms with E-state index in [0.29, 0.717) is 12.6 Å². The third-order valence-electron chi connectivity index (χ3n) is 5.61. The summed E-state index contributed by atoms with van der Waals surface area (Å²) in [6.07, 6.45) is 1.08. The Labute approximate surface area is 191 Å². The van der Waals surface area contributed by atoms with Crippen LogP contribution in [-0.4, -0.2) is 57.9 Å². The first-order valence-corrected chi connectivity index (χ1v) is 11.2. The fourth-order valence-electron chi connectivity index (χ4n) is 3.86. The van der Waals surface area contributed by atoms with Crippen LogP contribution in [0.5, 0.6) is 11.5 Å². The normalized spacial score (nSPS) is 16.8. The molecule has 1 atom stereocenters. The van der Waals surface area contributed by atoms with Gasteiger partial charge in [-0.3, -0.25) is 9.89 Å². The van der Waals surface area contributed by atoms with Crippen LogP contribution in [0.25, 0.3) is 0 Å². The fraction of sp³-hybridized carbons (Fsp3) is 0.480. The molecule has 7 nitrogen and oxygen atoms in total. The second-order valence-corrected chi connectivity index (χ2v) is 7.97. The molecule has 2 aromatic rings. The monoisotopic (exact) mass is 440 g/mol. The lowest BCUT2D eigenvalue weighted by Crippen LogP contribution is -2.44. The Morgan fingerprint density at radius 3 is 2.34 bits per heavy atom. The zero-order valence-electron chi connectivity index (χ0n) is 19.7. The van der Waals surface area contributed by atoms with Crippen molar-refractivity contribution in [1.29, 1.82) is 0 Å². The van der Waals surface area contributed by atoms with Gasteiger partial charge in [-0.2, -0.15) is 0 Å². The SMILES string of the molecule is CCOCc1ccc(CNC(=NC)NC2CCN(Cc3cc(OC)cc(OC)c3)C2)cc1. The highest BCUT2D eigenvalue weighted by Gasteiger charge is 2.23. The number of likely N-dealkylation sites (tertiary alicyclic amines) is 1. The number of aliphatic imine (C=N–C) groups is 1. The fourth-order valence-corrected chi connectivity index (χ4v) is 3.86. The number of guanidine groups is 1. The predicted octanol–water partition coefficient (Wildman–Crippen LogP) is 3.18. The average molecular weight is 441 g/mol. The zero-order chi connectivity index (χ0) is 22.8. The van der Waals surface area contributed by atoms with E-state index >= 15 is 0 Å². The Morgan fingerprint density at radius 1 is 1.03 bits per heavy atom. The van der Waals surface area contributed by atoms with Gasteiger partial charge in [0.1, 0.15) is 11.5 Å². The van der Waals surface area contributed by atoms with E-state index in [-0.39, 0.29) is 0 Å². The number of methoxy groups -OCH3 is 2. The molecule has 1 aliphatic heterocycles. The van der Waals surface area contributed by atoms with Crippen molar-refractivity contribution in [3.05, 3.63) is 59.2 Å². The molecule has 0 aromatic heterocycles. The molecule has 3 rings (SSSR count). The standard InChI is InChI=1S/C25H36N4O3/c1-5-32-18-20-8-6-19(7-9-20)15-27-25(26-2)28-22-10-11-29(17-22)16-21-12-23(30-3)14-24(13-21)31-4/h6-9,12-14,22H,5,10-11,15-18H2,1-4H3,(H2,26,27,28). The first kappa shape index (κ1) is 23.9. The largest absolute Gasteiger partial charge is 0.497 e. The van der Waals surface area contributed by atoms with Crippen LogP contribution in [0.4, 0.5) is 0 Å². The molecule has 0 aliphatic carbocycles. The molecule has 0 radical (unpaired) electrons. The highest BCUT2D eigenvalue weighted by atomic mass is 16.5. The van der Waals surface area contributed by atoms with Crippen molar-refractivity contribution in [2.75, 3.05) is 41.0 Å². The molecule has 1 unspecified atom stereocenters. The van der Waals surface area contributed by atoms with Crippen LogP contribution in [0.3, 0.4) is 0 Å². The molecule has 2 aromatic carbocycles. The molecule has 1 fully saturated rings. The van der Waals surface area contributed by atoms with Crippen molar-refractivity contribution in [3.63, 3.8) is 0 Å². The molecule has 0 saturated carbocycles. The first-order chi connectivity index (χ1) is 15.6. The third kappa shape index (κ3) is 7.14. The van der Waals surface area contributed by atoms with E-state index < -0.39 is 0 Å². The number of nitrogens with zero attached hydrogens (tertiary/aromatic N) is 2. The number of nitrogens with one attached hydrogen (secondary N) is 2. The first-order valence-electron chi connectivity index (χ1n) is 11.2. The minimum Gasteiger partial charge on any atom is -0.497 e. The molecule has 1 heterocycles. The summed E-state index contributed by atoms with van der Waals surface area (Å²) in [5.74, 6) is 2.48. The lowest BCUT2D eigenvalue weighted by molar-refractivity contribution is 0.134.